The number of allylic oxidation sites excluding steroid dienone is 1. The maximum absolute atomic E-state index is 13.2. The highest BCUT2D eigenvalue weighted by molar-refractivity contribution is 7.11. The number of nitrogens with zero attached hydrogens (tertiary/aromatic N) is 4. The van der Waals surface area contributed by atoms with E-state index >= 15 is 0 Å². The molecular weight excluding hydrogens is 380 g/mol. The summed E-state index contributed by atoms with van der Waals surface area (Å²) in [5.74, 6) is 0. The molecule has 4 rings (SSSR count). The van der Waals surface area contributed by atoms with Crippen molar-refractivity contribution in [3.05, 3.63) is 92.7 Å². The van der Waals surface area contributed by atoms with Crippen LogP contribution in [0.5, 0.6) is 0 Å². The topological polar surface area (TPSA) is 63.6 Å². The van der Waals surface area contributed by atoms with Gasteiger partial charge in [-0.2, -0.15) is 5.26 Å². The predicted octanol–water partition coefficient (Wildman–Crippen LogP) is 4.67. The number of rotatable bonds is 4. The molecule has 0 saturated carbocycles. The lowest BCUT2D eigenvalue weighted by molar-refractivity contribution is 0.630. The van der Waals surface area contributed by atoms with E-state index in [1.165, 1.54) is 11.3 Å². The Balaban J connectivity index is 1.79. The molecule has 0 spiro atoms. The molecule has 0 N–H and O–H groups in total. The van der Waals surface area contributed by atoms with Gasteiger partial charge in [0.15, 0.2) is 0 Å². The molecule has 2 aromatic heterocycles. The maximum atomic E-state index is 13.2. The second kappa shape index (κ2) is 7.74. The monoisotopic (exact) mass is 398 g/mol. The molecular formula is C23H18N4OS. The molecule has 2 heterocycles. The average Bonchev–Trinajstić information content (AvgIpc) is 3.30. The molecule has 0 radical (unpaired) electrons. The number of hydrogen-bond donors (Lipinski definition) is 0. The van der Waals surface area contributed by atoms with E-state index in [0.717, 1.165) is 16.9 Å². The fraction of sp³-hybridized carbons (Fsp3) is 0.0870. The zero-order valence-corrected chi connectivity index (χ0v) is 16.9. The summed E-state index contributed by atoms with van der Waals surface area (Å²) >= 11 is 1.37. The quantitative estimate of drug-likeness (QED) is 0.469. The second-order valence-electron chi connectivity index (χ2n) is 6.55. The zero-order chi connectivity index (χ0) is 20.4. The minimum atomic E-state index is -0.126. The van der Waals surface area contributed by atoms with Crippen LogP contribution in [-0.4, -0.2) is 14.3 Å². The minimum absolute atomic E-state index is 0.126. The fourth-order valence-electron chi connectivity index (χ4n) is 3.23. The van der Waals surface area contributed by atoms with Crippen molar-refractivity contribution in [3.63, 3.8) is 0 Å². The lowest BCUT2D eigenvalue weighted by atomic mass is 10.1. The van der Waals surface area contributed by atoms with Gasteiger partial charge >= 0.3 is 0 Å². The smallest absolute Gasteiger partial charge is 0.281 e. The molecule has 0 atom stereocenters. The summed E-state index contributed by atoms with van der Waals surface area (Å²) in [6, 6.07) is 21.4. The van der Waals surface area contributed by atoms with E-state index in [-0.39, 0.29) is 5.56 Å². The molecule has 29 heavy (non-hydrogen) atoms. The summed E-state index contributed by atoms with van der Waals surface area (Å²) in [7, 11) is 1.86. The van der Waals surface area contributed by atoms with Crippen molar-refractivity contribution in [1.82, 2.24) is 14.3 Å². The van der Waals surface area contributed by atoms with Crippen molar-refractivity contribution in [2.45, 2.75) is 6.92 Å². The Kier molecular flexibility index (Phi) is 4.98. The summed E-state index contributed by atoms with van der Waals surface area (Å²) in [5, 5.41) is 12.0. The number of aromatic nitrogens is 3. The van der Waals surface area contributed by atoms with Crippen molar-refractivity contribution in [1.29, 1.82) is 5.26 Å². The lowest BCUT2D eigenvalue weighted by Gasteiger charge is -2.07. The van der Waals surface area contributed by atoms with Crippen LogP contribution in [0.4, 0.5) is 0 Å². The molecule has 6 heteroatoms. The highest BCUT2D eigenvalue weighted by atomic mass is 32.1. The molecule has 2 aromatic carbocycles. The Bertz CT molecular complexity index is 1290. The number of nitriles is 1. The fourth-order valence-corrected chi connectivity index (χ4v) is 4.01. The molecule has 4 aromatic rings. The number of thiazole rings is 1. The number of hydrogen-bond acceptors (Lipinski definition) is 4. The molecule has 0 aliphatic rings. The van der Waals surface area contributed by atoms with E-state index in [0.29, 0.717) is 21.8 Å². The molecule has 0 aliphatic carbocycles. The van der Waals surface area contributed by atoms with Crippen molar-refractivity contribution >= 4 is 23.0 Å². The molecule has 0 unspecified atom stereocenters. The highest BCUT2D eigenvalue weighted by Gasteiger charge is 2.20. The van der Waals surface area contributed by atoms with Crippen molar-refractivity contribution in [2.75, 3.05) is 0 Å². The highest BCUT2D eigenvalue weighted by Crippen LogP contribution is 2.28. The first-order chi connectivity index (χ1) is 14.1. The van der Waals surface area contributed by atoms with Gasteiger partial charge in [-0.25, -0.2) is 9.67 Å². The molecule has 5 nitrogen and oxygen atoms in total. The molecule has 0 saturated heterocycles. The van der Waals surface area contributed by atoms with Crippen LogP contribution in [-0.2, 0) is 7.05 Å². The minimum Gasteiger partial charge on any atom is -0.285 e. The Morgan fingerprint density at radius 3 is 2.41 bits per heavy atom. The normalized spacial score (nSPS) is 11.4. The standard InChI is InChI=1S/C23H18N4OS/c1-16-21(23(28)27(26(16)2)19-11-7-4-8-12-19)20-15-29-22(25-20)18(14-24)13-17-9-5-3-6-10-17/h3-13,15H,1-2H3/b18-13+. The van der Waals surface area contributed by atoms with E-state index in [4.69, 9.17) is 0 Å². The summed E-state index contributed by atoms with van der Waals surface area (Å²) in [5.41, 5.74) is 4.04. The molecule has 0 amide bonds. The van der Waals surface area contributed by atoms with Gasteiger partial charge in [-0.15, -0.1) is 11.3 Å². The predicted molar refractivity (Wildman–Crippen MR) is 117 cm³/mol. The zero-order valence-electron chi connectivity index (χ0n) is 16.0. The van der Waals surface area contributed by atoms with Crippen LogP contribution in [0.1, 0.15) is 16.3 Å². The van der Waals surface area contributed by atoms with Crippen LogP contribution in [0.3, 0.4) is 0 Å². The first-order valence-corrected chi connectivity index (χ1v) is 9.95. The van der Waals surface area contributed by atoms with Crippen LogP contribution >= 0.6 is 11.3 Å². The Hall–Kier alpha value is -3.69. The summed E-state index contributed by atoms with van der Waals surface area (Å²) < 4.78 is 3.46. The summed E-state index contributed by atoms with van der Waals surface area (Å²) in [6.45, 7) is 1.90. The van der Waals surface area contributed by atoms with Gasteiger partial charge in [-0.3, -0.25) is 9.48 Å². The summed E-state index contributed by atoms with van der Waals surface area (Å²) in [6.07, 6.45) is 1.81. The van der Waals surface area contributed by atoms with E-state index in [9.17, 15) is 10.1 Å². The van der Waals surface area contributed by atoms with Crippen LogP contribution in [0.15, 0.2) is 70.8 Å². The Morgan fingerprint density at radius 2 is 1.76 bits per heavy atom. The maximum Gasteiger partial charge on any atom is 0.281 e. The van der Waals surface area contributed by atoms with Crippen LogP contribution in [0.25, 0.3) is 28.6 Å². The Morgan fingerprint density at radius 1 is 1.10 bits per heavy atom. The second-order valence-corrected chi connectivity index (χ2v) is 7.41. The van der Waals surface area contributed by atoms with E-state index < -0.39 is 0 Å². The third-order valence-corrected chi connectivity index (χ3v) is 5.65. The van der Waals surface area contributed by atoms with Crippen molar-refractivity contribution in [3.8, 4) is 23.0 Å². The van der Waals surface area contributed by atoms with Gasteiger partial charge in [0.05, 0.1) is 22.5 Å². The number of benzene rings is 2. The third kappa shape index (κ3) is 3.44. The molecule has 0 fully saturated rings. The third-order valence-electron chi connectivity index (χ3n) is 4.78. The van der Waals surface area contributed by atoms with Crippen molar-refractivity contribution < 1.29 is 0 Å². The summed E-state index contributed by atoms with van der Waals surface area (Å²) in [4.78, 5) is 17.8. The SMILES string of the molecule is Cc1c(-c2csc(/C(C#N)=C/c3ccccc3)n2)c(=O)n(-c2ccccc2)n1C. The van der Waals surface area contributed by atoms with Crippen LogP contribution in [0.2, 0.25) is 0 Å². The van der Waals surface area contributed by atoms with E-state index in [1.807, 2.05) is 90.8 Å². The van der Waals surface area contributed by atoms with Gasteiger partial charge in [-0.05, 0) is 30.7 Å². The van der Waals surface area contributed by atoms with Gasteiger partial charge < -0.3 is 0 Å². The molecule has 0 bridgehead atoms. The van der Waals surface area contributed by atoms with Gasteiger partial charge in [0.1, 0.15) is 11.1 Å². The van der Waals surface area contributed by atoms with Gasteiger partial charge in [0, 0.05) is 18.1 Å². The Labute approximate surface area is 172 Å². The largest absolute Gasteiger partial charge is 0.285 e. The van der Waals surface area contributed by atoms with E-state index in [1.54, 1.807) is 4.68 Å². The first-order valence-electron chi connectivity index (χ1n) is 9.07. The van der Waals surface area contributed by atoms with Crippen LogP contribution in [0, 0.1) is 18.3 Å². The first kappa shape index (κ1) is 18.7. The van der Waals surface area contributed by atoms with Crippen LogP contribution < -0.4 is 5.56 Å². The molecule has 0 aliphatic heterocycles. The number of para-hydroxylation sites is 1. The molecule has 142 valence electrons. The van der Waals surface area contributed by atoms with Gasteiger partial charge in [0.2, 0.25) is 0 Å². The lowest BCUT2D eigenvalue weighted by Crippen LogP contribution is -2.20. The average molecular weight is 398 g/mol. The van der Waals surface area contributed by atoms with E-state index in [2.05, 4.69) is 11.1 Å². The van der Waals surface area contributed by atoms with Gasteiger partial charge in [0.25, 0.3) is 5.56 Å². The van der Waals surface area contributed by atoms with Crippen molar-refractivity contribution in [2.24, 2.45) is 7.05 Å². The van der Waals surface area contributed by atoms with Gasteiger partial charge in [-0.1, -0.05) is 48.5 Å².